The predicted octanol–water partition coefficient (Wildman–Crippen LogP) is 0.645. The van der Waals surface area contributed by atoms with Gasteiger partial charge in [0.2, 0.25) is 5.76 Å². The Bertz CT molecular complexity index is 416. The molecule has 14 heavy (non-hydrogen) atoms. The van der Waals surface area contributed by atoms with Crippen molar-refractivity contribution in [2.24, 2.45) is 11.5 Å². The summed E-state index contributed by atoms with van der Waals surface area (Å²) in [5.74, 6) is -0.304. The van der Waals surface area contributed by atoms with Crippen molar-refractivity contribution in [1.29, 1.82) is 0 Å². The lowest BCUT2D eigenvalue weighted by atomic mass is 10.00. The Labute approximate surface area is 80.3 Å². The smallest absolute Gasteiger partial charge is 0.201 e. The van der Waals surface area contributed by atoms with Crippen molar-refractivity contribution < 1.29 is 14.9 Å². The summed E-state index contributed by atoms with van der Waals surface area (Å²) in [5, 5.41) is 18.7. The average molecular weight is 194 g/mol. The number of aliphatic hydroxyl groups is 2. The van der Waals surface area contributed by atoms with Crippen LogP contribution in [0.2, 0.25) is 0 Å². The standard InChI is InChI=1S/C9H10N2O3/c10-5-3-7(11)14-9-4(5)1-2-6(12)8(9)13/h2-3,12-13H,1,10-11H2. The van der Waals surface area contributed by atoms with Crippen molar-refractivity contribution in [2.75, 3.05) is 0 Å². The van der Waals surface area contributed by atoms with Crippen LogP contribution in [0.3, 0.4) is 0 Å². The zero-order valence-corrected chi connectivity index (χ0v) is 7.32. The van der Waals surface area contributed by atoms with Crippen LogP contribution in [0.15, 0.2) is 46.6 Å². The zero-order valence-electron chi connectivity index (χ0n) is 7.32. The summed E-state index contributed by atoms with van der Waals surface area (Å²) < 4.78 is 5.07. The summed E-state index contributed by atoms with van der Waals surface area (Å²) in [6.45, 7) is 0. The third-order valence-electron chi connectivity index (χ3n) is 2.10. The first kappa shape index (κ1) is 8.55. The number of allylic oxidation sites excluding steroid dienone is 3. The molecule has 1 aliphatic carbocycles. The number of hydrogen-bond donors (Lipinski definition) is 4. The molecule has 1 aliphatic heterocycles. The molecule has 0 fully saturated rings. The van der Waals surface area contributed by atoms with Gasteiger partial charge in [0.25, 0.3) is 0 Å². The van der Waals surface area contributed by atoms with Gasteiger partial charge in [-0.25, -0.2) is 0 Å². The van der Waals surface area contributed by atoms with Crippen LogP contribution >= 0.6 is 0 Å². The highest BCUT2D eigenvalue weighted by Crippen LogP contribution is 2.32. The zero-order chi connectivity index (χ0) is 10.3. The van der Waals surface area contributed by atoms with Crippen molar-refractivity contribution >= 4 is 0 Å². The molecule has 2 aliphatic rings. The van der Waals surface area contributed by atoms with E-state index in [0.717, 1.165) is 0 Å². The highest BCUT2D eigenvalue weighted by Gasteiger charge is 2.26. The van der Waals surface area contributed by atoms with E-state index in [-0.39, 0.29) is 23.2 Å². The van der Waals surface area contributed by atoms with Crippen LogP contribution in [-0.2, 0) is 4.74 Å². The molecule has 0 atom stereocenters. The van der Waals surface area contributed by atoms with E-state index in [1.54, 1.807) is 0 Å². The minimum atomic E-state index is -0.328. The molecule has 0 amide bonds. The van der Waals surface area contributed by atoms with Crippen molar-refractivity contribution in [1.82, 2.24) is 0 Å². The second-order valence-electron chi connectivity index (χ2n) is 3.05. The second kappa shape index (κ2) is 2.73. The van der Waals surface area contributed by atoms with Crippen LogP contribution in [0.4, 0.5) is 0 Å². The molecule has 0 aromatic heterocycles. The molecule has 74 valence electrons. The second-order valence-corrected chi connectivity index (χ2v) is 3.05. The summed E-state index contributed by atoms with van der Waals surface area (Å²) in [5.41, 5.74) is 12.2. The van der Waals surface area contributed by atoms with Crippen molar-refractivity contribution in [3.05, 3.63) is 46.6 Å². The Morgan fingerprint density at radius 2 is 2.00 bits per heavy atom. The number of fused-ring (bicyclic) bond motifs is 1. The first-order chi connectivity index (χ1) is 6.59. The third kappa shape index (κ3) is 1.10. The summed E-state index contributed by atoms with van der Waals surface area (Å²) in [6.07, 6.45) is 3.35. The van der Waals surface area contributed by atoms with Crippen molar-refractivity contribution in [3.63, 3.8) is 0 Å². The molecule has 0 spiro atoms. The van der Waals surface area contributed by atoms with Gasteiger partial charge in [0.1, 0.15) is 0 Å². The largest absolute Gasteiger partial charge is 0.504 e. The van der Waals surface area contributed by atoms with Crippen LogP contribution < -0.4 is 11.5 Å². The molecule has 0 bridgehead atoms. The minimum absolute atomic E-state index is 0.0995. The van der Waals surface area contributed by atoms with Gasteiger partial charge in [-0.2, -0.15) is 0 Å². The van der Waals surface area contributed by atoms with E-state index in [1.807, 2.05) is 0 Å². The van der Waals surface area contributed by atoms with Crippen LogP contribution in [-0.4, -0.2) is 10.2 Å². The minimum Gasteiger partial charge on any atom is -0.504 e. The summed E-state index contributed by atoms with van der Waals surface area (Å²) in [6, 6.07) is 0. The van der Waals surface area contributed by atoms with E-state index in [2.05, 4.69) is 0 Å². The molecule has 0 radical (unpaired) electrons. The molecular formula is C9H10N2O3. The molecule has 0 saturated carbocycles. The lowest BCUT2D eigenvalue weighted by molar-refractivity contribution is 0.242. The van der Waals surface area contributed by atoms with Gasteiger partial charge in [-0.05, 0) is 6.08 Å². The molecule has 5 nitrogen and oxygen atoms in total. The monoisotopic (exact) mass is 194 g/mol. The van der Waals surface area contributed by atoms with Gasteiger partial charge in [0.05, 0.1) is 0 Å². The molecular weight excluding hydrogens is 184 g/mol. The lowest BCUT2D eigenvalue weighted by Crippen LogP contribution is -2.19. The molecule has 0 saturated heterocycles. The topological polar surface area (TPSA) is 102 Å². The molecule has 1 heterocycles. The van der Waals surface area contributed by atoms with E-state index in [0.29, 0.717) is 17.7 Å². The van der Waals surface area contributed by atoms with Crippen LogP contribution in [0, 0.1) is 0 Å². The fraction of sp³-hybridized carbons (Fsp3) is 0.111. The Balaban J connectivity index is 2.55. The fourth-order valence-electron chi connectivity index (χ4n) is 1.39. The highest BCUT2D eigenvalue weighted by molar-refractivity contribution is 5.48. The van der Waals surface area contributed by atoms with Gasteiger partial charge in [-0.3, -0.25) is 0 Å². The van der Waals surface area contributed by atoms with Gasteiger partial charge in [-0.1, -0.05) is 0 Å². The number of rotatable bonds is 0. The summed E-state index contributed by atoms with van der Waals surface area (Å²) >= 11 is 0. The molecule has 0 unspecified atom stereocenters. The van der Waals surface area contributed by atoms with E-state index >= 15 is 0 Å². The van der Waals surface area contributed by atoms with Crippen LogP contribution in [0.25, 0.3) is 0 Å². The predicted molar refractivity (Wildman–Crippen MR) is 49.6 cm³/mol. The molecule has 0 aromatic rings. The van der Waals surface area contributed by atoms with Gasteiger partial charge in [-0.15, -0.1) is 0 Å². The molecule has 5 heteroatoms. The van der Waals surface area contributed by atoms with E-state index in [1.165, 1.54) is 12.2 Å². The first-order valence-electron chi connectivity index (χ1n) is 4.06. The normalized spacial score (nSPS) is 21.1. The highest BCUT2D eigenvalue weighted by atomic mass is 16.5. The van der Waals surface area contributed by atoms with Gasteiger partial charge in [0.15, 0.2) is 17.4 Å². The SMILES string of the molecule is NC1=CC(N)=C2CC=C(O)C(O)=C2O1. The van der Waals surface area contributed by atoms with Crippen molar-refractivity contribution in [2.45, 2.75) is 6.42 Å². The van der Waals surface area contributed by atoms with E-state index < -0.39 is 0 Å². The Hall–Kier alpha value is -2.04. The van der Waals surface area contributed by atoms with E-state index in [9.17, 15) is 10.2 Å². The number of hydrogen-bond acceptors (Lipinski definition) is 5. The Morgan fingerprint density at radius 1 is 1.29 bits per heavy atom. The molecule has 6 N–H and O–H groups in total. The quantitative estimate of drug-likeness (QED) is 0.453. The summed E-state index contributed by atoms with van der Waals surface area (Å²) in [7, 11) is 0. The maximum Gasteiger partial charge on any atom is 0.201 e. The van der Waals surface area contributed by atoms with Crippen molar-refractivity contribution in [3.8, 4) is 0 Å². The molecule has 0 aromatic carbocycles. The Kier molecular flexibility index (Phi) is 1.67. The van der Waals surface area contributed by atoms with Gasteiger partial charge in [0, 0.05) is 23.8 Å². The van der Waals surface area contributed by atoms with Gasteiger partial charge < -0.3 is 26.4 Å². The lowest BCUT2D eigenvalue weighted by Gasteiger charge is -2.22. The average Bonchev–Trinajstić information content (AvgIpc) is 2.12. The fourth-order valence-corrected chi connectivity index (χ4v) is 1.39. The number of nitrogens with two attached hydrogens (primary N) is 2. The van der Waals surface area contributed by atoms with Crippen LogP contribution in [0.1, 0.15) is 6.42 Å². The maximum atomic E-state index is 9.47. The van der Waals surface area contributed by atoms with E-state index in [4.69, 9.17) is 16.2 Å². The number of aliphatic hydroxyl groups excluding tert-OH is 2. The summed E-state index contributed by atoms with van der Waals surface area (Å²) in [4.78, 5) is 0. The van der Waals surface area contributed by atoms with Gasteiger partial charge >= 0.3 is 0 Å². The van der Waals surface area contributed by atoms with Crippen LogP contribution in [0.5, 0.6) is 0 Å². The third-order valence-corrected chi connectivity index (χ3v) is 2.10. The maximum absolute atomic E-state index is 9.47. The number of ether oxygens (including phenoxy) is 1. The molecule has 2 rings (SSSR count). The first-order valence-corrected chi connectivity index (χ1v) is 4.06. The Morgan fingerprint density at radius 3 is 2.71 bits per heavy atom.